The lowest BCUT2D eigenvalue weighted by Crippen LogP contribution is -2.51. The van der Waals surface area contributed by atoms with Crippen molar-refractivity contribution in [2.75, 3.05) is 86.7 Å². The lowest BCUT2D eigenvalue weighted by atomic mass is 9.88. The quantitative estimate of drug-likeness (QED) is 0.0206. The summed E-state index contributed by atoms with van der Waals surface area (Å²) in [4.78, 5) is 123. The molecule has 494 valence electrons. The highest BCUT2D eigenvalue weighted by Gasteiger charge is 2.48. The summed E-state index contributed by atoms with van der Waals surface area (Å²) in [5, 5.41) is 8.69. The van der Waals surface area contributed by atoms with Crippen LogP contribution in [0.2, 0.25) is 5.02 Å². The van der Waals surface area contributed by atoms with Crippen LogP contribution in [0.4, 0.5) is 0 Å². The Morgan fingerprint density at radius 1 is 0.831 bits per heavy atom. The number of nitrogens with one attached hydrogen (secondary N) is 3. The molecule has 23 heteroatoms. The smallest absolute Gasteiger partial charge is 0.347 e. The molecule has 0 aromatic heterocycles. The number of halogens is 1. The molecule has 4 amide bonds. The number of ether oxygens (including phenoxy) is 9. The Kier molecular flexibility index (Phi) is 32.7. The van der Waals surface area contributed by atoms with Crippen molar-refractivity contribution in [3.8, 4) is 5.75 Å². The third-order valence-electron chi connectivity index (χ3n) is 15.3. The Balaban J connectivity index is 1.34. The number of nitrogens with zero attached hydrogens (tertiary/aromatic N) is 1. The van der Waals surface area contributed by atoms with E-state index in [1.807, 2.05) is 58.9 Å². The molecule has 0 unspecified atom stereocenters. The molecular weight excluding hydrogens is 1170 g/mol. The van der Waals surface area contributed by atoms with Crippen LogP contribution in [0, 0.1) is 29.1 Å². The zero-order valence-corrected chi connectivity index (χ0v) is 54.3. The van der Waals surface area contributed by atoms with Gasteiger partial charge in [0.1, 0.15) is 36.4 Å². The number of hydrogen-bond acceptors (Lipinski definition) is 18. The number of benzene rings is 2. The Morgan fingerprint density at radius 3 is 2.11 bits per heavy atom. The number of carbonyl (C=O) groups is 9. The van der Waals surface area contributed by atoms with E-state index in [0.29, 0.717) is 55.8 Å². The van der Waals surface area contributed by atoms with E-state index in [1.165, 1.54) is 24.2 Å². The minimum absolute atomic E-state index is 0.00604. The molecule has 22 nitrogen and oxygen atoms in total. The van der Waals surface area contributed by atoms with Gasteiger partial charge in [0.15, 0.2) is 11.9 Å². The van der Waals surface area contributed by atoms with Gasteiger partial charge in [-0.2, -0.15) is 0 Å². The zero-order valence-electron chi connectivity index (χ0n) is 53.6. The predicted octanol–water partition coefficient (Wildman–Crippen LogP) is 6.79. The second kappa shape index (κ2) is 38.9. The van der Waals surface area contributed by atoms with Crippen molar-refractivity contribution in [1.29, 1.82) is 0 Å². The first-order valence-electron chi connectivity index (χ1n) is 30.7. The van der Waals surface area contributed by atoms with E-state index in [2.05, 4.69) is 22.5 Å². The lowest BCUT2D eigenvalue weighted by Gasteiger charge is -2.29. The Morgan fingerprint density at radius 2 is 1.48 bits per heavy atom. The molecule has 4 rings (SSSR count). The minimum Gasteiger partial charge on any atom is -0.495 e. The molecule has 1 fully saturated rings. The monoisotopic (exact) mass is 1270 g/mol. The first-order chi connectivity index (χ1) is 42.4. The number of methoxy groups -OCH3 is 2. The number of ketones is 2. The topological polar surface area (TPSA) is 279 Å². The average Bonchev–Trinajstić information content (AvgIpc) is 2.12. The van der Waals surface area contributed by atoms with Crippen LogP contribution in [-0.4, -0.2) is 175 Å². The summed E-state index contributed by atoms with van der Waals surface area (Å²) < 4.78 is 50.0. The number of rotatable bonds is 37. The molecule has 8 atom stereocenters. The average molecular weight is 1270 g/mol. The van der Waals surface area contributed by atoms with Gasteiger partial charge in [0.25, 0.3) is 0 Å². The van der Waals surface area contributed by atoms with E-state index in [4.69, 9.17) is 54.2 Å². The fourth-order valence-corrected chi connectivity index (χ4v) is 9.91. The molecule has 0 radical (unpaired) electrons. The molecule has 0 bridgehead atoms. The molecule has 0 aliphatic carbocycles. The summed E-state index contributed by atoms with van der Waals surface area (Å²) in [5.41, 5.74) is 1.08. The summed E-state index contributed by atoms with van der Waals surface area (Å²) in [7, 11) is 3.08. The van der Waals surface area contributed by atoms with E-state index < -0.39 is 83.3 Å². The lowest BCUT2D eigenvalue weighted by molar-refractivity contribution is -0.179. The van der Waals surface area contributed by atoms with Crippen LogP contribution in [0.15, 0.2) is 67.3 Å². The van der Waals surface area contributed by atoms with Gasteiger partial charge in [-0.25, -0.2) is 4.79 Å². The van der Waals surface area contributed by atoms with Gasteiger partial charge in [-0.3, -0.25) is 38.4 Å². The highest BCUT2D eigenvalue weighted by atomic mass is 35.5. The van der Waals surface area contributed by atoms with Crippen LogP contribution in [0.3, 0.4) is 0 Å². The van der Waals surface area contributed by atoms with E-state index in [9.17, 15) is 43.2 Å². The number of epoxide rings is 1. The number of Topliss-reactive ketones (excluding diaryl/α,β-unsaturated/α-hetero) is 2. The summed E-state index contributed by atoms with van der Waals surface area (Å²) in [6.07, 6.45) is 1.98. The van der Waals surface area contributed by atoms with Crippen molar-refractivity contribution in [3.63, 3.8) is 0 Å². The Labute approximate surface area is 529 Å². The Hall–Kier alpha value is -6.56. The van der Waals surface area contributed by atoms with Crippen molar-refractivity contribution < 1.29 is 85.8 Å². The second-order valence-electron chi connectivity index (χ2n) is 23.8. The summed E-state index contributed by atoms with van der Waals surface area (Å²) >= 11 is 6.39. The normalized spacial score (nSPS) is 20.2. The van der Waals surface area contributed by atoms with Gasteiger partial charge < -0.3 is 63.5 Å². The van der Waals surface area contributed by atoms with Crippen molar-refractivity contribution in [3.05, 3.63) is 89.0 Å². The van der Waals surface area contributed by atoms with E-state index in [-0.39, 0.29) is 126 Å². The molecule has 2 heterocycles. The van der Waals surface area contributed by atoms with E-state index >= 15 is 0 Å². The molecule has 0 saturated carbocycles. The number of aryl methyl sites for hydroxylation is 1. The number of cyclic esters (lactones) is 2. The predicted molar refractivity (Wildman–Crippen MR) is 331 cm³/mol. The van der Waals surface area contributed by atoms with Gasteiger partial charge >= 0.3 is 17.9 Å². The maximum Gasteiger partial charge on any atom is 0.347 e. The maximum absolute atomic E-state index is 14.0. The van der Waals surface area contributed by atoms with Gasteiger partial charge in [0.05, 0.1) is 88.8 Å². The van der Waals surface area contributed by atoms with Crippen LogP contribution in [-0.2, 0) is 93.9 Å². The van der Waals surface area contributed by atoms with Gasteiger partial charge in [-0.05, 0) is 80.3 Å². The SMILES string of the molecule is C=CCOC(=O)CCN(CCC(=O)C[C@H](C(=O)N[C@@H](C)C(=O)CCc1ccc([C@H]2O[C@@H]2[C@@H](C)[C@@H]2C/C=C/C(=O)N[C@H](Cc3ccc(OC)c(Cl)c3)C(=O)NCC(C)(C)C(=O)O[C@@H](CC(C)C)C(=O)O2)cc1)C(C)C)C(=O)CCOCCOCCOCCOC. The molecule has 3 N–H and O–H groups in total. The molecule has 2 aliphatic heterocycles. The first-order valence-corrected chi connectivity index (χ1v) is 31.1. The zero-order chi connectivity index (χ0) is 65.6. The second-order valence-corrected chi connectivity index (χ2v) is 24.2. The van der Waals surface area contributed by atoms with E-state index in [1.54, 1.807) is 52.2 Å². The molecule has 1 saturated heterocycles. The summed E-state index contributed by atoms with van der Waals surface area (Å²) in [6, 6.07) is 10.7. The van der Waals surface area contributed by atoms with Crippen LogP contribution >= 0.6 is 11.6 Å². The number of amides is 4. The van der Waals surface area contributed by atoms with Gasteiger partial charge in [-0.15, -0.1) is 0 Å². The molecule has 2 aromatic rings. The molecule has 89 heavy (non-hydrogen) atoms. The maximum atomic E-state index is 14.0. The molecule has 0 spiro atoms. The standard InChI is InChI=1S/C66H95ClN4O18/c1-12-29-86-59(76)25-28-71(58(75)26-30-83-33-34-85-36-35-84-32-31-81-10)27-24-49(72)40-50(43(4)5)62(77)69-45(7)53(73)22-18-46-16-20-48(21-17-46)61-60(89-61)44(6)54-14-13-15-57(74)70-52(39-47-19-23-55(82-11)51(67)38-47)63(78)68-41-66(8,9)65(80)88-56(37-42(2)3)64(79)87-54/h12-13,15-17,19-21,23,38,42-45,50,52,54,56,60-61H,1,14,18,22,24-37,39-41H2,2-11H3,(H,68,78)(H,69,77)(H,70,74)/b15-13+/t44-,45-,50-,52+,54-,56-,60+,61+/m0/s1. The number of carbonyl (C=O) groups excluding carboxylic acids is 9. The fraction of sp³-hybridized carbons (Fsp3) is 0.621. The van der Waals surface area contributed by atoms with Crippen molar-refractivity contribution in [2.24, 2.45) is 29.1 Å². The fourth-order valence-electron chi connectivity index (χ4n) is 9.63. The van der Waals surface area contributed by atoms with Crippen LogP contribution in [0.25, 0.3) is 0 Å². The van der Waals surface area contributed by atoms with Crippen molar-refractivity contribution in [1.82, 2.24) is 20.9 Å². The minimum atomic E-state index is -1.28. The largest absolute Gasteiger partial charge is 0.495 e. The molecule has 2 aliphatic rings. The van der Waals surface area contributed by atoms with E-state index in [0.717, 1.165) is 11.1 Å². The third kappa shape index (κ3) is 26.8. The third-order valence-corrected chi connectivity index (χ3v) is 15.6. The first kappa shape index (κ1) is 74.9. The van der Waals surface area contributed by atoms with Gasteiger partial charge in [-0.1, -0.05) is 95.3 Å². The molecule has 2 aromatic carbocycles. The Bertz CT molecular complexity index is 2680. The highest BCUT2D eigenvalue weighted by molar-refractivity contribution is 6.32. The van der Waals surface area contributed by atoms with Crippen molar-refractivity contribution >= 4 is 64.7 Å². The van der Waals surface area contributed by atoms with Crippen LogP contribution in [0.1, 0.15) is 123 Å². The molecular formula is C66H95ClN4O18. The van der Waals surface area contributed by atoms with Gasteiger partial charge in [0.2, 0.25) is 23.6 Å². The summed E-state index contributed by atoms with van der Waals surface area (Å²) in [6.45, 7) is 19.9. The number of esters is 3. The van der Waals surface area contributed by atoms with Crippen LogP contribution in [0.5, 0.6) is 5.75 Å². The van der Waals surface area contributed by atoms with Crippen molar-refractivity contribution in [2.45, 2.75) is 150 Å². The van der Waals surface area contributed by atoms with Gasteiger partial charge in [0, 0.05) is 70.7 Å². The highest BCUT2D eigenvalue weighted by Crippen LogP contribution is 2.45. The number of hydrogen-bond donors (Lipinski definition) is 3. The summed E-state index contributed by atoms with van der Waals surface area (Å²) in [5.74, 6) is -5.37. The van der Waals surface area contributed by atoms with Crippen LogP contribution < -0.4 is 20.7 Å².